The van der Waals surface area contributed by atoms with Crippen LogP contribution >= 0.6 is 0 Å². The van der Waals surface area contributed by atoms with Gasteiger partial charge in [-0.3, -0.25) is 9.69 Å². The number of amides is 2. The van der Waals surface area contributed by atoms with Crippen LogP contribution in [0.3, 0.4) is 0 Å². The molecule has 3 aliphatic rings. The number of benzene rings is 1. The van der Waals surface area contributed by atoms with E-state index >= 15 is 0 Å². The highest BCUT2D eigenvalue weighted by Crippen LogP contribution is 2.40. The van der Waals surface area contributed by atoms with E-state index in [2.05, 4.69) is 39.2 Å². The first kappa shape index (κ1) is 22.9. The smallest absolute Gasteiger partial charge is 0.344 e. The summed E-state index contributed by atoms with van der Waals surface area (Å²) in [5.74, 6) is -0.0892. The molecule has 4 heterocycles. The summed E-state index contributed by atoms with van der Waals surface area (Å²) in [4.78, 5) is 33.0. The molecule has 1 atom stereocenters. The molecule has 34 heavy (non-hydrogen) atoms. The average molecular weight is 467 g/mol. The fraction of sp³-hybridized carbons (Fsp3) is 0.560. The number of rotatable bonds is 4. The molecular weight excluding hydrogens is 432 g/mol. The zero-order valence-electron chi connectivity index (χ0n) is 20.2. The molecule has 1 unspecified atom stereocenters. The van der Waals surface area contributed by atoms with Gasteiger partial charge in [0, 0.05) is 64.3 Å². The molecule has 0 saturated carbocycles. The van der Waals surface area contributed by atoms with Crippen molar-refractivity contribution in [3.05, 3.63) is 42.2 Å². The van der Waals surface area contributed by atoms with Crippen LogP contribution in [0.4, 0.5) is 16.2 Å². The lowest BCUT2D eigenvalue weighted by Gasteiger charge is -2.29. The molecule has 182 valence electrons. The predicted molar refractivity (Wildman–Crippen MR) is 130 cm³/mol. The molecule has 0 N–H and O–H groups in total. The van der Waals surface area contributed by atoms with Crippen LogP contribution < -0.4 is 9.80 Å². The van der Waals surface area contributed by atoms with E-state index < -0.39 is 0 Å². The highest BCUT2D eigenvalue weighted by molar-refractivity contribution is 5.91. The summed E-state index contributed by atoms with van der Waals surface area (Å²) in [6.07, 6.45) is 5.33. The van der Waals surface area contributed by atoms with Crippen LogP contribution in [0.15, 0.2) is 36.7 Å². The SMILES string of the molecule is CC(=O)N(C)c1cnn(C(=O)N2CCC3(CCN(Cc4cccc(N5CCOCC5)c4)C3)C2)c1. The summed E-state index contributed by atoms with van der Waals surface area (Å²) < 4.78 is 6.85. The van der Waals surface area contributed by atoms with Gasteiger partial charge in [0.15, 0.2) is 0 Å². The minimum absolute atomic E-state index is 0.0892. The number of nitrogens with zero attached hydrogens (tertiary/aromatic N) is 6. The number of aromatic nitrogens is 2. The fourth-order valence-electron chi connectivity index (χ4n) is 5.44. The second kappa shape index (κ2) is 9.38. The topological polar surface area (TPSA) is 74.2 Å². The van der Waals surface area contributed by atoms with E-state index in [1.54, 1.807) is 19.4 Å². The number of ether oxygens (including phenoxy) is 1. The van der Waals surface area contributed by atoms with Crippen LogP contribution in [0.25, 0.3) is 0 Å². The largest absolute Gasteiger partial charge is 0.378 e. The number of hydrogen-bond acceptors (Lipinski definition) is 6. The van der Waals surface area contributed by atoms with Gasteiger partial charge < -0.3 is 19.4 Å². The van der Waals surface area contributed by atoms with Crippen molar-refractivity contribution in [3.8, 4) is 0 Å². The summed E-state index contributed by atoms with van der Waals surface area (Å²) >= 11 is 0. The summed E-state index contributed by atoms with van der Waals surface area (Å²) in [6.45, 7) is 9.48. The van der Waals surface area contributed by atoms with E-state index in [0.29, 0.717) is 5.69 Å². The van der Waals surface area contributed by atoms with Crippen molar-refractivity contribution < 1.29 is 14.3 Å². The van der Waals surface area contributed by atoms with Crippen LogP contribution in [-0.2, 0) is 16.1 Å². The van der Waals surface area contributed by atoms with Crippen LogP contribution in [0.1, 0.15) is 25.3 Å². The molecular formula is C25H34N6O3. The Morgan fingerprint density at radius 2 is 1.91 bits per heavy atom. The van der Waals surface area contributed by atoms with Gasteiger partial charge in [-0.1, -0.05) is 12.1 Å². The second-order valence-electron chi connectivity index (χ2n) is 9.91. The Morgan fingerprint density at radius 3 is 2.71 bits per heavy atom. The van der Waals surface area contributed by atoms with Gasteiger partial charge >= 0.3 is 6.03 Å². The van der Waals surface area contributed by atoms with Crippen LogP contribution in [0, 0.1) is 5.41 Å². The Hall–Kier alpha value is -2.91. The molecule has 2 amide bonds. The number of carbonyl (C=O) groups is 2. The first-order chi connectivity index (χ1) is 16.4. The van der Waals surface area contributed by atoms with Gasteiger partial charge in [-0.15, -0.1) is 0 Å². The third-order valence-electron chi connectivity index (χ3n) is 7.54. The lowest BCUT2D eigenvalue weighted by Crippen LogP contribution is -2.36. The summed E-state index contributed by atoms with van der Waals surface area (Å²) in [6, 6.07) is 8.76. The van der Waals surface area contributed by atoms with Crippen molar-refractivity contribution in [3.63, 3.8) is 0 Å². The third-order valence-corrected chi connectivity index (χ3v) is 7.54. The molecule has 2 aromatic rings. The normalized spacial score (nSPS) is 23.1. The van der Waals surface area contributed by atoms with Gasteiger partial charge in [0.2, 0.25) is 5.91 Å². The van der Waals surface area contributed by atoms with E-state index in [-0.39, 0.29) is 17.4 Å². The van der Waals surface area contributed by atoms with E-state index in [1.165, 1.54) is 27.8 Å². The minimum atomic E-state index is -0.114. The lowest BCUT2D eigenvalue weighted by molar-refractivity contribution is -0.116. The number of carbonyl (C=O) groups excluding carboxylic acids is 2. The van der Waals surface area contributed by atoms with Gasteiger partial charge in [0.05, 0.1) is 31.3 Å². The fourth-order valence-corrected chi connectivity index (χ4v) is 5.44. The summed E-state index contributed by atoms with van der Waals surface area (Å²) in [5.41, 5.74) is 3.40. The van der Waals surface area contributed by atoms with E-state index in [1.807, 2.05) is 4.90 Å². The van der Waals surface area contributed by atoms with Gasteiger partial charge in [-0.05, 0) is 37.1 Å². The number of hydrogen-bond donors (Lipinski definition) is 0. The molecule has 3 fully saturated rings. The molecule has 0 aliphatic carbocycles. The summed E-state index contributed by atoms with van der Waals surface area (Å²) in [7, 11) is 1.68. The highest BCUT2D eigenvalue weighted by Gasteiger charge is 2.45. The van der Waals surface area contributed by atoms with Crippen molar-refractivity contribution >= 4 is 23.3 Å². The van der Waals surface area contributed by atoms with Crippen molar-refractivity contribution in [2.75, 3.05) is 69.3 Å². The number of anilines is 2. The second-order valence-corrected chi connectivity index (χ2v) is 9.91. The van der Waals surface area contributed by atoms with Crippen molar-refractivity contribution in [1.29, 1.82) is 0 Å². The monoisotopic (exact) mass is 466 g/mol. The Morgan fingerprint density at radius 1 is 1.12 bits per heavy atom. The van der Waals surface area contributed by atoms with E-state index in [0.717, 1.165) is 71.9 Å². The van der Waals surface area contributed by atoms with Crippen molar-refractivity contribution in [2.24, 2.45) is 5.41 Å². The molecule has 1 aromatic carbocycles. The molecule has 1 spiro atoms. The molecule has 9 nitrogen and oxygen atoms in total. The number of likely N-dealkylation sites (tertiary alicyclic amines) is 2. The van der Waals surface area contributed by atoms with Crippen LogP contribution in [-0.4, -0.2) is 91.0 Å². The first-order valence-corrected chi connectivity index (χ1v) is 12.1. The minimum Gasteiger partial charge on any atom is -0.378 e. The molecule has 9 heteroatoms. The molecule has 0 radical (unpaired) electrons. The maximum Gasteiger partial charge on any atom is 0.344 e. The molecule has 1 aromatic heterocycles. The van der Waals surface area contributed by atoms with Gasteiger partial charge in [0.25, 0.3) is 0 Å². The Bertz CT molecular complexity index is 1050. The van der Waals surface area contributed by atoms with Gasteiger partial charge in [0.1, 0.15) is 0 Å². The molecule has 3 aliphatic heterocycles. The molecule has 5 rings (SSSR count). The van der Waals surface area contributed by atoms with Crippen molar-refractivity contribution in [2.45, 2.75) is 26.3 Å². The average Bonchev–Trinajstić information content (AvgIpc) is 3.60. The summed E-state index contributed by atoms with van der Waals surface area (Å²) in [5, 5.41) is 4.21. The van der Waals surface area contributed by atoms with E-state index in [4.69, 9.17) is 4.74 Å². The molecule has 0 bridgehead atoms. The maximum absolute atomic E-state index is 13.0. The highest BCUT2D eigenvalue weighted by atomic mass is 16.5. The Balaban J connectivity index is 1.18. The zero-order chi connectivity index (χ0) is 23.7. The van der Waals surface area contributed by atoms with Gasteiger partial charge in [-0.25, -0.2) is 4.79 Å². The van der Waals surface area contributed by atoms with Crippen LogP contribution in [0.2, 0.25) is 0 Å². The maximum atomic E-state index is 13.0. The standard InChI is InChI=1S/C25H34N6O3/c1-20(32)27(2)23-15-26-31(17-23)24(33)30-9-7-25(19-30)6-8-28(18-25)16-21-4-3-5-22(14-21)29-10-12-34-13-11-29/h3-5,14-15,17H,6-13,16,18-19H2,1-2H3. The predicted octanol–water partition coefficient (Wildman–Crippen LogP) is 2.27. The van der Waals surface area contributed by atoms with Gasteiger partial charge in [-0.2, -0.15) is 9.78 Å². The lowest BCUT2D eigenvalue weighted by atomic mass is 9.86. The van der Waals surface area contributed by atoms with Crippen molar-refractivity contribution in [1.82, 2.24) is 19.6 Å². The zero-order valence-corrected chi connectivity index (χ0v) is 20.2. The van der Waals surface area contributed by atoms with E-state index in [9.17, 15) is 9.59 Å². The van der Waals surface area contributed by atoms with Crippen LogP contribution in [0.5, 0.6) is 0 Å². The Labute approximate surface area is 200 Å². The Kier molecular flexibility index (Phi) is 6.31. The number of morpholine rings is 1. The quantitative estimate of drug-likeness (QED) is 0.688. The molecule has 3 saturated heterocycles. The first-order valence-electron chi connectivity index (χ1n) is 12.1. The third kappa shape index (κ3) is 4.67.